The molecule has 3 nitrogen and oxygen atoms in total. The Labute approximate surface area is 149 Å². The molecule has 0 radical (unpaired) electrons. The summed E-state index contributed by atoms with van der Waals surface area (Å²) in [5, 5.41) is 2.08. The molecule has 1 N–H and O–H groups in total. The fourth-order valence-corrected chi connectivity index (χ4v) is 6.10. The quantitative estimate of drug-likeness (QED) is 0.852. The maximum atomic E-state index is 12.9. The average molecular weight is 364 g/mol. The lowest BCUT2D eigenvalue weighted by Crippen LogP contribution is -2.38. The molecule has 0 saturated heterocycles. The van der Waals surface area contributed by atoms with E-state index in [4.69, 9.17) is 0 Å². The smallest absolute Gasteiger partial charge is 0.210 e. The first-order valence-corrected chi connectivity index (χ1v) is 10.8. The first-order chi connectivity index (χ1) is 11.3. The molecule has 1 aliphatic rings. The van der Waals surface area contributed by atoms with Gasteiger partial charge in [0.25, 0.3) is 0 Å². The lowest BCUT2D eigenvalue weighted by molar-refractivity contribution is 0.440. The van der Waals surface area contributed by atoms with Gasteiger partial charge in [-0.15, -0.1) is 11.3 Å². The van der Waals surface area contributed by atoms with E-state index < -0.39 is 10.0 Å². The van der Waals surface area contributed by atoms with Gasteiger partial charge in [-0.3, -0.25) is 0 Å². The molecule has 24 heavy (non-hydrogen) atoms. The third kappa shape index (κ3) is 3.30. The van der Waals surface area contributed by atoms with Crippen LogP contribution in [0.25, 0.3) is 0 Å². The van der Waals surface area contributed by atoms with Crippen LogP contribution in [0, 0.1) is 20.8 Å². The molecule has 5 heteroatoms. The van der Waals surface area contributed by atoms with Crippen molar-refractivity contribution in [2.75, 3.05) is 6.54 Å². The summed E-state index contributed by atoms with van der Waals surface area (Å²) < 4.78 is 28.7. The van der Waals surface area contributed by atoms with Crippen LogP contribution in [0.2, 0.25) is 0 Å². The van der Waals surface area contributed by atoms with Gasteiger partial charge < -0.3 is 0 Å². The van der Waals surface area contributed by atoms with E-state index in [2.05, 4.69) is 22.2 Å². The molecule has 0 amide bonds. The first kappa shape index (κ1) is 17.6. The van der Waals surface area contributed by atoms with Crippen LogP contribution < -0.4 is 4.72 Å². The molecule has 0 unspecified atom stereocenters. The SMILES string of the molecule is Cc1cc(C)c(S(=O)(=O)NCC2(c3cccs3)CCCC2)cc1C. The summed E-state index contributed by atoms with van der Waals surface area (Å²) in [6.45, 7) is 6.32. The topological polar surface area (TPSA) is 46.2 Å². The van der Waals surface area contributed by atoms with Crippen LogP contribution in [0.3, 0.4) is 0 Å². The molecule has 1 aliphatic carbocycles. The number of hydrogen-bond donors (Lipinski definition) is 1. The second-order valence-corrected chi connectivity index (χ2v) is 9.67. The highest BCUT2D eigenvalue weighted by Crippen LogP contribution is 2.42. The van der Waals surface area contributed by atoms with Gasteiger partial charge in [0.05, 0.1) is 4.90 Å². The van der Waals surface area contributed by atoms with Gasteiger partial charge in [0, 0.05) is 16.8 Å². The van der Waals surface area contributed by atoms with Crippen LogP contribution in [0.15, 0.2) is 34.5 Å². The molecule has 0 aliphatic heterocycles. The van der Waals surface area contributed by atoms with Crippen LogP contribution >= 0.6 is 11.3 Å². The van der Waals surface area contributed by atoms with Crippen molar-refractivity contribution in [3.8, 4) is 0 Å². The van der Waals surface area contributed by atoms with E-state index in [0.717, 1.165) is 29.5 Å². The summed E-state index contributed by atoms with van der Waals surface area (Å²) in [5.41, 5.74) is 2.91. The molecule has 1 fully saturated rings. The normalized spacial score (nSPS) is 17.3. The van der Waals surface area contributed by atoms with Gasteiger partial charge in [0.1, 0.15) is 0 Å². The molecule has 1 saturated carbocycles. The lowest BCUT2D eigenvalue weighted by atomic mass is 9.85. The molecule has 2 aromatic rings. The highest BCUT2D eigenvalue weighted by Gasteiger charge is 2.37. The summed E-state index contributed by atoms with van der Waals surface area (Å²) in [7, 11) is -3.49. The maximum absolute atomic E-state index is 12.9. The van der Waals surface area contributed by atoms with Crippen LogP contribution in [0.1, 0.15) is 47.3 Å². The second kappa shape index (κ2) is 6.62. The predicted octanol–water partition coefficient (Wildman–Crippen LogP) is 4.46. The Bertz CT molecular complexity index is 817. The van der Waals surface area contributed by atoms with Gasteiger partial charge in [0.2, 0.25) is 10.0 Å². The third-order valence-electron chi connectivity index (χ3n) is 5.29. The van der Waals surface area contributed by atoms with Crippen molar-refractivity contribution in [3.05, 3.63) is 51.2 Å². The Kier molecular flexibility index (Phi) is 4.87. The second-order valence-electron chi connectivity index (χ2n) is 6.99. The maximum Gasteiger partial charge on any atom is 0.240 e. The minimum atomic E-state index is -3.49. The van der Waals surface area contributed by atoms with Crippen molar-refractivity contribution in [2.45, 2.75) is 56.8 Å². The largest absolute Gasteiger partial charge is 0.240 e. The first-order valence-electron chi connectivity index (χ1n) is 8.46. The lowest BCUT2D eigenvalue weighted by Gasteiger charge is -2.28. The molecular weight excluding hydrogens is 338 g/mol. The van der Waals surface area contributed by atoms with Crippen LogP contribution in [-0.4, -0.2) is 15.0 Å². The summed E-state index contributed by atoms with van der Waals surface area (Å²) in [6, 6.07) is 7.95. The molecule has 0 spiro atoms. The zero-order chi connectivity index (χ0) is 17.4. The minimum absolute atomic E-state index is 0.0329. The van der Waals surface area contributed by atoms with Crippen molar-refractivity contribution in [1.82, 2.24) is 4.72 Å². The Balaban J connectivity index is 1.86. The third-order valence-corrected chi connectivity index (χ3v) is 7.95. The molecule has 0 bridgehead atoms. The Morgan fingerprint density at radius 2 is 1.75 bits per heavy atom. The zero-order valence-electron chi connectivity index (χ0n) is 14.6. The summed E-state index contributed by atoms with van der Waals surface area (Å²) in [4.78, 5) is 1.71. The van der Waals surface area contributed by atoms with Gasteiger partial charge in [-0.2, -0.15) is 0 Å². The van der Waals surface area contributed by atoms with Gasteiger partial charge in [-0.05, 0) is 67.8 Å². The standard InChI is InChI=1S/C19H25NO2S2/c1-14-11-16(3)17(12-15(14)2)24(21,22)20-13-19(8-4-5-9-19)18-7-6-10-23-18/h6-7,10-12,20H,4-5,8-9,13H2,1-3H3. The van der Waals surface area contributed by atoms with E-state index in [9.17, 15) is 8.42 Å². The highest BCUT2D eigenvalue weighted by molar-refractivity contribution is 7.89. The Morgan fingerprint density at radius 1 is 1.08 bits per heavy atom. The minimum Gasteiger partial charge on any atom is -0.210 e. The fraction of sp³-hybridized carbons (Fsp3) is 0.474. The number of rotatable bonds is 5. The van der Waals surface area contributed by atoms with Crippen LogP contribution in [0.5, 0.6) is 0 Å². The average Bonchev–Trinajstić information content (AvgIpc) is 3.20. The zero-order valence-corrected chi connectivity index (χ0v) is 16.2. The van der Waals surface area contributed by atoms with Crippen molar-refractivity contribution < 1.29 is 8.42 Å². The summed E-state index contributed by atoms with van der Waals surface area (Å²) in [5.74, 6) is 0. The molecule has 0 atom stereocenters. The van der Waals surface area contributed by atoms with Gasteiger partial charge >= 0.3 is 0 Å². The predicted molar refractivity (Wildman–Crippen MR) is 100 cm³/mol. The monoisotopic (exact) mass is 363 g/mol. The number of sulfonamides is 1. The van der Waals surface area contributed by atoms with E-state index >= 15 is 0 Å². The summed E-state index contributed by atoms with van der Waals surface area (Å²) in [6.07, 6.45) is 4.45. The van der Waals surface area contributed by atoms with Crippen molar-refractivity contribution in [2.24, 2.45) is 0 Å². The molecule has 3 rings (SSSR count). The molecular formula is C19H25NO2S2. The number of benzene rings is 1. The van der Waals surface area contributed by atoms with Crippen molar-refractivity contribution in [1.29, 1.82) is 0 Å². The number of aryl methyl sites for hydroxylation is 3. The van der Waals surface area contributed by atoms with E-state index in [1.807, 2.05) is 26.8 Å². The molecule has 1 aromatic heterocycles. The highest BCUT2D eigenvalue weighted by atomic mass is 32.2. The summed E-state index contributed by atoms with van der Waals surface area (Å²) >= 11 is 1.74. The van der Waals surface area contributed by atoms with E-state index in [-0.39, 0.29) is 5.41 Å². The number of hydrogen-bond acceptors (Lipinski definition) is 3. The van der Waals surface area contributed by atoms with Gasteiger partial charge in [-0.1, -0.05) is 25.0 Å². The van der Waals surface area contributed by atoms with Crippen LogP contribution in [0.4, 0.5) is 0 Å². The van der Waals surface area contributed by atoms with E-state index in [0.29, 0.717) is 11.4 Å². The van der Waals surface area contributed by atoms with Crippen molar-refractivity contribution >= 4 is 21.4 Å². The van der Waals surface area contributed by atoms with E-state index in [1.54, 1.807) is 17.4 Å². The van der Waals surface area contributed by atoms with Gasteiger partial charge in [-0.25, -0.2) is 13.1 Å². The Morgan fingerprint density at radius 3 is 2.38 bits per heavy atom. The molecule has 130 valence electrons. The number of nitrogens with one attached hydrogen (secondary N) is 1. The van der Waals surface area contributed by atoms with Crippen LogP contribution in [-0.2, 0) is 15.4 Å². The Hall–Kier alpha value is -1.17. The fourth-order valence-electron chi connectivity index (χ4n) is 3.68. The van der Waals surface area contributed by atoms with E-state index in [1.165, 1.54) is 17.7 Å². The molecule has 1 aromatic carbocycles. The van der Waals surface area contributed by atoms with Gasteiger partial charge in [0.15, 0.2) is 0 Å². The molecule has 1 heterocycles. The van der Waals surface area contributed by atoms with Crippen molar-refractivity contribution in [3.63, 3.8) is 0 Å². The number of thiophene rings is 1.